The monoisotopic (exact) mass is 233 g/mol. The maximum atomic E-state index is 8.93. The summed E-state index contributed by atoms with van der Waals surface area (Å²) in [6.45, 7) is 6.26. The minimum Gasteiger partial charge on any atom is -0.198 e. The Labute approximate surface area is 94.7 Å². The third kappa shape index (κ3) is 5.56. The summed E-state index contributed by atoms with van der Waals surface area (Å²) in [5.74, 6) is 0.877. The molecule has 74 valence electrons. The van der Waals surface area contributed by atoms with E-state index in [0.717, 1.165) is 9.28 Å². The summed E-state index contributed by atoms with van der Waals surface area (Å²) in [7, 11) is 0. The maximum Gasteiger partial charge on any atom is 0.104 e. The second-order valence-corrected chi connectivity index (χ2v) is 6.84. The molecule has 0 heterocycles. The molecular formula is C9H15NS3. The van der Waals surface area contributed by atoms with Gasteiger partial charge in [0, 0.05) is 5.75 Å². The van der Waals surface area contributed by atoms with Gasteiger partial charge in [0.05, 0.1) is 12.0 Å². The molecule has 1 nitrogen and oxygen atoms in total. The fourth-order valence-corrected chi connectivity index (χ4v) is 2.45. The first-order chi connectivity index (χ1) is 5.91. The predicted octanol–water partition coefficient (Wildman–Crippen LogP) is 3.55. The smallest absolute Gasteiger partial charge is 0.104 e. The van der Waals surface area contributed by atoms with E-state index in [1.807, 2.05) is 6.26 Å². The van der Waals surface area contributed by atoms with Crippen LogP contribution in [-0.2, 0) is 0 Å². The van der Waals surface area contributed by atoms with Gasteiger partial charge < -0.3 is 0 Å². The molecule has 0 radical (unpaired) electrons. The molecule has 1 atom stereocenters. The molecule has 0 bridgehead atoms. The van der Waals surface area contributed by atoms with E-state index in [4.69, 9.17) is 17.5 Å². The largest absolute Gasteiger partial charge is 0.198 e. The summed E-state index contributed by atoms with van der Waals surface area (Å²) in [5.41, 5.74) is 0.0514. The molecule has 0 N–H and O–H groups in total. The highest BCUT2D eigenvalue weighted by molar-refractivity contribution is 8.47. The molecular weight excluding hydrogens is 218 g/mol. The summed E-state index contributed by atoms with van der Waals surface area (Å²) in [6, 6.07) is 2.33. The quantitative estimate of drug-likeness (QED) is 0.681. The van der Waals surface area contributed by atoms with E-state index >= 15 is 0 Å². The Balaban J connectivity index is 4.03. The highest BCUT2D eigenvalue weighted by atomic mass is 32.2. The Bertz CT molecular complexity index is 212. The third-order valence-electron chi connectivity index (χ3n) is 1.74. The summed E-state index contributed by atoms with van der Waals surface area (Å²) in [6.07, 6.45) is 1.97. The van der Waals surface area contributed by atoms with Crippen LogP contribution in [0.15, 0.2) is 0 Å². The predicted molar refractivity (Wildman–Crippen MR) is 67.1 cm³/mol. The van der Waals surface area contributed by atoms with Gasteiger partial charge in [-0.05, 0) is 11.7 Å². The van der Waals surface area contributed by atoms with Gasteiger partial charge in [0.15, 0.2) is 0 Å². The molecule has 0 aliphatic carbocycles. The van der Waals surface area contributed by atoms with Crippen LogP contribution >= 0.6 is 35.7 Å². The van der Waals surface area contributed by atoms with Gasteiger partial charge in [-0.1, -0.05) is 33.0 Å². The molecule has 0 spiro atoms. The molecule has 0 amide bonds. The number of nitrogens with zero attached hydrogens (tertiary/aromatic N) is 1. The summed E-state index contributed by atoms with van der Waals surface area (Å²) in [4.78, 5) is 0. The highest BCUT2D eigenvalue weighted by Gasteiger charge is 2.24. The van der Waals surface area contributed by atoms with Crippen molar-refractivity contribution in [2.75, 3.05) is 12.0 Å². The molecule has 0 rings (SSSR count). The highest BCUT2D eigenvalue weighted by Crippen LogP contribution is 2.29. The summed E-state index contributed by atoms with van der Waals surface area (Å²) >= 11 is 8.24. The first kappa shape index (κ1) is 13.3. The van der Waals surface area contributed by atoms with Crippen molar-refractivity contribution in [3.05, 3.63) is 0 Å². The second kappa shape index (κ2) is 5.90. The van der Waals surface area contributed by atoms with E-state index in [0.29, 0.717) is 0 Å². The normalized spacial score (nSPS) is 13.5. The molecule has 0 aliphatic heterocycles. The van der Waals surface area contributed by atoms with Gasteiger partial charge in [-0.15, -0.1) is 23.5 Å². The zero-order valence-electron chi connectivity index (χ0n) is 8.46. The first-order valence-corrected chi connectivity index (χ1v) is 6.64. The van der Waals surface area contributed by atoms with Crippen LogP contribution in [0.3, 0.4) is 0 Å². The van der Waals surface area contributed by atoms with Crippen molar-refractivity contribution in [3.63, 3.8) is 0 Å². The molecule has 0 saturated carbocycles. The topological polar surface area (TPSA) is 23.8 Å². The van der Waals surface area contributed by atoms with Crippen LogP contribution in [-0.4, -0.2) is 15.5 Å². The number of nitriles is 1. The standard InChI is InChI=1S/C9H15NS3/c1-9(2,3)7(5-10)6-13-8(11)12-4/h7H,6H2,1-4H3. The molecule has 1 unspecified atom stereocenters. The Kier molecular flexibility index (Phi) is 6.02. The maximum absolute atomic E-state index is 8.93. The van der Waals surface area contributed by atoms with Crippen molar-refractivity contribution in [1.82, 2.24) is 0 Å². The number of rotatable bonds is 2. The number of hydrogen-bond acceptors (Lipinski definition) is 4. The Morgan fingerprint density at radius 1 is 1.54 bits per heavy atom. The van der Waals surface area contributed by atoms with Gasteiger partial charge in [0.2, 0.25) is 0 Å². The fraction of sp³-hybridized carbons (Fsp3) is 0.778. The van der Waals surface area contributed by atoms with Gasteiger partial charge in [-0.25, -0.2) is 0 Å². The average molecular weight is 233 g/mol. The average Bonchev–Trinajstić information content (AvgIpc) is 2.02. The summed E-state index contributed by atoms with van der Waals surface area (Å²) < 4.78 is 0.921. The van der Waals surface area contributed by atoms with Crippen molar-refractivity contribution in [3.8, 4) is 6.07 Å². The minimum atomic E-state index is 0.0514. The molecule has 4 heteroatoms. The third-order valence-corrected chi connectivity index (χ3v) is 4.51. The van der Waals surface area contributed by atoms with Gasteiger partial charge in [-0.3, -0.25) is 0 Å². The Hall–Kier alpha value is 0.280. The van der Waals surface area contributed by atoms with E-state index in [-0.39, 0.29) is 11.3 Å². The molecule has 0 aromatic heterocycles. The lowest BCUT2D eigenvalue weighted by Crippen LogP contribution is -2.21. The molecule has 0 fully saturated rings. The Morgan fingerprint density at radius 3 is 2.38 bits per heavy atom. The van der Waals surface area contributed by atoms with E-state index in [9.17, 15) is 0 Å². The van der Waals surface area contributed by atoms with Crippen LogP contribution in [0.1, 0.15) is 20.8 Å². The zero-order valence-corrected chi connectivity index (χ0v) is 10.9. The van der Waals surface area contributed by atoms with Crippen molar-refractivity contribution < 1.29 is 0 Å². The van der Waals surface area contributed by atoms with Crippen molar-refractivity contribution in [1.29, 1.82) is 5.26 Å². The van der Waals surface area contributed by atoms with Crippen LogP contribution in [0.4, 0.5) is 0 Å². The number of hydrogen-bond donors (Lipinski definition) is 0. The van der Waals surface area contributed by atoms with Crippen LogP contribution in [0.2, 0.25) is 0 Å². The van der Waals surface area contributed by atoms with Crippen LogP contribution in [0, 0.1) is 22.7 Å². The van der Waals surface area contributed by atoms with Crippen LogP contribution in [0.25, 0.3) is 0 Å². The van der Waals surface area contributed by atoms with Gasteiger partial charge in [0.1, 0.15) is 3.53 Å². The summed E-state index contributed by atoms with van der Waals surface area (Å²) in [5, 5.41) is 8.93. The lowest BCUT2D eigenvalue weighted by molar-refractivity contribution is 0.327. The van der Waals surface area contributed by atoms with E-state index in [1.165, 1.54) is 0 Å². The van der Waals surface area contributed by atoms with Crippen molar-refractivity contribution >= 4 is 39.3 Å². The minimum absolute atomic E-state index is 0.0514. The van der Waals surface area contributed by atoms with E-state index < -0.39 is 0 Å². The molecule has 0 saturated heterocycles. The van der Waals surface area contributed by atoms with Crippen molar-refractivity contribution in [2.45, 2.75) is 20.8 Å². The number of thiocarbonyl (C=S) groups is 1. The molecule has 0 aliphatic rings. The first-order valence-electron chi connectivity index (χ1n) is 4.02. The number of thioether (sulfide) groups is 2. The van der Waals surface area contributed by atoms with E-state index in [1.54, 1.807) is 23.5 Å². The lowest BCUT2D eigenvalue weighted by atomic mass is 9.83. The fourth-order valence-electron chi connectivity index (χ4n) is 0.691. The molecule has 13 heavy (non-hydrogen) atoms. The van der Waals surface area contributed by atoms with Gasteiger partial charge >= 0.3 is 0 Å². The van der Waals surface area contributed by atoms with Gasteiger partial charge in [0.25, 0.3) is 0 Å². The zero-order chi connectivity index (χ0) is 10.5. The van der Waals surface area contributed by atoms with Gasteiger partial charge in [-0.2, -0.15) is 5.26 Å². The van der Waals surface area contributed by atoms with Crippen molar-refractivity contribution in [2.24, 2.45) is 11.3 Å². The SMILES string of the molecule is CSC(=S)SCC(C#N)C(C)(C)C. The van der Waals surface area contributed by atoms with Crippen LogP contribution in [0.5, 0.6) is 0 Å². The molecule has 0 aromatic rings. The van der Waals surface area contributed by atoms with E-state index in [2.05, 4.69) is 26.8 Å². The Morgan fingerprint density at radius 2 is 2.08 bits per heavy atom. The second-order valence-electron chi connectivity index (χ2n) is 3.81. The van der Waals surface area contributed by atoms with Crippen LogP contribution < -0.4 is 0 Å². The lowest BCUT2D eigenvalue weighted by Gasteiger charge is -2.24. The molecule has 0 aromatic carbocycles.